The van der Waals surface area contributed by atoms with Gasteiger partial charge in [0, 0.05) is 18.7 Å². The lowest BCUT2D eigenvalue weighted by Gasteiger charge is -2.12. The van der Waals surface area contributed by atoms with Gasteiger partial charge in [-0.05, 0) is 0 Å². The SMILES string of the molecule is CCNS(=O)(=O)c1cc(OC)c(OC)cc1N. The van der Waals surface area contributed by atoms with Gasteiger partial charge in [0.15, 0.2) is 11.5 Å². The van der Waals surface area contributed by atoms with Crippen LogP contribution in [0.1, 0.15) is 6.92 Å². The Bertz CT molecular complexity index is 499. The molecule has 0 aromatic heterocycles. The summed E-state index contributed by atoms with van der Waals surface area (Å²) in [6, 6.07) is 2.76. The minimum absolute atomic E-state index is 0.0167. The van der Waals surface area contributed by atoms with Crippen molar-refractivity contribution < 1.29 is 17.9 Å². The van der Waals surface area contributed by atoms with Crippen molar-refractivity contribution in [3.8, 4) is 11.5 Å². The highest BCUT2D eigenvalue weighted by Gasteiger charge is 2.19. The van der Waals surface area contributed by atoms with Crippen LogP contribution in [0.2, 0.25) is 0 Å². The van der Waals surface area contributed by atoms with E-state index in [4.69, 9.17) is 15.2 Å². The number of ether oxygens (including phenoxy) is 2. The number of hydrogen-bond donors (Lipinski definition) is 2. The summed E-state index contributed by atoms with van der Waals surface area (Å²) in [6.45, 7) is 1.98. The molecule has 0 saturated heterocycles. The molecule has 0 aliphatic carbocycles. The number of benzene rings is 1. The van der Waals surface area contributed by atoms with Crippen LogP contribution in [0, 0.1) is 0 Å². The van der Waals surface area contributed by atoms with Crippen LogP contribution in [0.25, 0.3) is 0 Å². The van der Waals surface area contributed by atoms with Gasteiger partial charge in [0.05, 0.1) is 19.9 Å². The molecule has 0 saturated carbocycles. The molecule has 0 fully saturated rings. The Morgan fingerprint density at radius 3 is 2.24 bits per heavy atom. The van der Waals surface area contributed by atoms with E-state index in [-0.39, 0.29) is 17.1 Å². The maximum Gasteiger partial charge on any atom is 0.242 e. The van der Waals surface area contributed by atoms with Crippen LogP contribution in [-0.4, -0.2) is 29.2 Å². The average molecular weight is 260 g/mol. The zero-order valence-corrected chi connectivity index (χ0v) is 10.8. The Hall–Kier alpha value is -1.47. The van der Waals surface area contributed by atoms with Crippen LogP contribution >= 0.6 is 0 Å². The summed E-state index contributed by atoms with van der Waals surface area (Å²) in [6.07, 6.45) is 0. The van der Waals surface area contributed by atoms with E-state index < -0.39 is 10.0 Å². The van der Waals surface area contributed by atoms with Crippen LogP contribution in [0.5, 0.6) is 11.5 Å². The maximum atomic E-state index is 11.8. The van der Waals surface area contributed by atoms with Gasteiger partial charge in [-0.3, -0.25) is 0 Å². The predicted molar refractivity (Wildman–Crippen MR) is 64.8 cm³/mol. The number of sulfonamides is 1. The highest BCUT2D eigenvalue weighted by atomic mass is 32.2. The monoisotopic (exact) mass is 260 g/mol. The molecule has 0 heterocycles. The molecule has 0 spiro atoms. The number of methoxy groups -OCH3 is 2. The molecule has 0 unspecified atom stereocenters. The van der Waals surface area contributed by atoms with E-state index >= 15 is 0 Å². The van der Waals surface area contributed by atoms with Crippen molar-refractivity contribution in [1.82, 2.24) is 4.72 Å². The van der Waals surface area contributed by atoms with Crippen molar-refractivity contribution in [3.05, 3.63) is 12.1 Å². The van der Waals surface area contributed by atoms with E-state index in [1.54, 1.807) is 6.92 Å². The fraction of sp³-hybridized carbons (Fsp3) is 0.400. The largest absolute Gasteiger partial charge is 0.493 e. The second kappa shape index (κ2) is 5.24. The molecule has 7 heteroatoms. The summed E-state index contributed by atoms with van der Waals surface area (Å²) < 4.78 is 36.1. The Morgan fingerprint density at radius 2 is 1.76 bits per heavy atom. The van der Waals surface area contributed by atoms with Gasteiger partial charge in [-0.15, -0.1) is 0 Å². The van der Waals surface area contributed by atoms with Crippen LogP contribution in [-0.2, 0) is 10.0 Å². The molecule has 1 aromatic rings. The first kappa shape index (κ1) is 13.6. The Labute approximate surface area is 101 Å². The lowest BCUT2D eigenvalue weighted by molar-refractivity contribution is 0.354. The van der Waals surface area contributed by atoms with Crippen molar-refractivity contribution in [1.29, 1.82) is 0 Å². The van der Waals surface area contributed by atoms with Crippen LogP contribution in [0.3, 0.4) is 0 Å². The molecular formula is C10H16N2O4S. The van der Waals surface area contributed by atoms with Crippen molar-refractivity contribution in [2.75, 3.05) is 26.5 Å². The van der Waals surface area contributed by atoms with E-state index in [2.05, 4.69) is 4.72 Å². The minimum atomic E-state index is -3.61. The third-order valence-corrected chi connectivity index (χ3v) is 3.74. The minimum Gasteiger partial charge on any atom is -0.493 e. The van der Waals surface area contributed by atoms with Crippen LogP contribution < -0.4 is 19.9 Å². The van der Waals surface area contributed by atoms with Crippen LogP contribution in [0.4, 0.5) is 5.69 Å². The van der Waals surface area contributed by atoms with Gasteiger partial charge in [-0.25, -0.2) is 13.1 Å². The van der Waals surface area contributed by atoms with Crippen molar-refractivity contribution >= 4 is 15.7 Å². The summed E-state index contributed by atoms with van der Waals surface area (Å²) in [5.41, 5.74) is 5.80. The number of nitrogens with one attached hydrogen (secondary N) is 1. The topological polar surface area (TPSA) is 90.7 Å². The number of nitrogens with two attached hydrogens (primary N) is 1. The molecule has 3 N–H and O–H groups in total. The highest BCUT2D eigenvalue weighted by Crippen LogP contribution is 2.33. The van der Waals surface area contributed by atoms with Gasteiger partial charge in [-0.2, -0.15) is 0 Å². The highest BCUT2D eigenvalue weighted by molar-refractivity contribution is 7.89. The van der Waals surface area contributed by atoms with Crippen molar-refractivity contribution in [2.24, 2.45) is 0 Å². The number of anilines is 1. The van der Waals surface area contributed by atoms with E-state index in [1.807, 2.05) is 0 Å². The number of hydrogen-bond acceptors (Lipinski definition) is 5. The van der Waals surface area contributed by atoms with Gasteiger partial charge in [0.25, 0.3) is 0 Å². The standard InChI is InChI=1S/C10H16N2O4S/c1-4-12-17(13,14)10-6-9(16-3)8(15-2)5-7(10)11/h5-6,12H,4,11H2,1-3H3. The van der Waals surface area contributed by atoms with E-state index in [1.165, 1.54) is 26.4 Å². The fourth-order valence-corrected chi connectivity index (χ4v) is 2.54. The lowest BCUT2D eigenvalue weighted by atomic mass is 10.3. The Morgan fingerprint density at radius 1 is 1.24 bits per heavy atom. The second-order valence-corrected chi connectivity index (χ2v) is 4.98. The molecule has 17 heavy (non-hydrogen) atoms. The van der Waals surface area contributed by atoms with Gasteiger partial charge in [-0.1, -0.05) is 6.92 Å². The summed E-state index contributed by atoms with van der Waals surface area (Å²) in [7, 11) is -0.727. The van der Waals surface area contributed by atoms with E-state index in [9.17, 15) is 8.42 Å². The predicted octanol–water partition coefficient (Wildman–Crippen LogP) is 0.584. The zero-order valence-electron chi connectivity index (χ0n) is 9.98. The van der Waals surface area contributed by atoms with Crippen LogP contribution in [0.15, 0.2) is 17.0 Å². The first-order valence-corrected chi connectivity index (χ1v) is 6.45. The molecule has 96 valence electrons. The number of nitrogen functional groups attached to an aromatic ring is 1. The third-order valence-electron chi connectivity index (χ3n) is 2.14. The second-order valence-electron chi connectivity index (χ2n) is 3.25. The molecule has 0 atom stereocenters. The lowest BCUT2D eigenvalue weighted by Crippen LogP contribution is -2.24. The van der Waals surface area contributed by atoms with E-state index in [0.29, 0.717) is 11.5 Å². The molecular weight excluding hydrogens is 244 g/mol. The fourth-order valence-electron chi connectivity index (χ4n) is 1.38. The molecule has 0 radical (unpaired) electrons. The van der Waals surface area contributed by atoms with Gasteiger partial charge in [0.1, 0.15) is 4.90 Å². The quantitative estimate of drug-likeness (QED) is 0.756. The zero-order chi connectivity index (χ0) is 13.1. The molecule has 0 aliphatic heterocycles. The molecule has 1 aromatic carbocycles. The smallest absolute Gasteiger partial charge is 0.242 e. The third kappa shape index (κ3) is 2.80. The normalized spacial score (nSPS) is 11.2. The summed E-state index contributed by atoms with van der Waals surface area (Å²) >= 11 is 0. The first-order valence-electron chi connectivity index (χ1n) is 4.97. The summed E-state index contributed by atoms with van der Waals surface area (Å²) in [4.78, 5) is -0.0167. The average Bonchev–Trinajstić information content (AvgIpc) is 2.28. The van der Waals surface area contributed by atoms with E-state index in [0.717, 1.165) is 0 Å². The van der Waals surface area contributed by atoms with Crippen molar-refractivity contribution in [2.45, 2.75) is 11.8 Å². The Balaban J connectivity index is 3.36. The van der Waals surface area contributed by atoms with Crippen molar-refractivity contribution in [3.63, 3.8) is 0 Å². The van der Waals surface area contributed by atoms with Gasteiger partial charge in [0.2, 0.25) is 10.0 Å². The van der Waals surface area contributed by atoms with Gasteiger partial charge < -0.3 is 15.2 Å². The maximum absolute atomic E-state index is 11.8. The summed E-state index contributed by atoms with van der Waals surface area (Å²) in [5, 5.41) is 0. The Kier molecular flexibility index (Phi) is 4.19. The first-order chi connectivity index (χ1) is 7.96. The molecule has 1 rings (SSSR count). The molecule has 6 nitrogen and oxygen atoms in total. The molecule has 0 aliphatic rings. The molecule has 0 amide bonds. The van der Waals surface area contributed by atoms with Gasteiger partial charge >= 0.3 is 0 Å². The number of rotatable bonds is 5. The molecule has 0 bridgehead atoms. The summed E-state index contributed by atoms with van der Waals surface area (Å²) in [5.74, 6) is 0.707.